The van der Waals surface area contributed by atoms with Crippen molar-refractivity contribution < 1.29 is 9.47 Å². The van der Waals surface area contributed by atoms with Gasteiger partial charge in [0.1, 0.15) is 11.5 Å². The van der Waals surface area contributed by atoms with Crippen molar-refractivity contribution in [2.24, 2.45) is 0 Å². The maximum absolute atomic E-state index is 5.35. The van der Waals surface area contributed by atoms with Crippen molar-refractivity contribution in [3.05, 3.63) is 17.7 Å². The van der Waals surface area contributed by atoms with Gasteiger partial charge in [0.25, 0.3) is 0 Å². The molecule has 0 heterocycles. The molecule has 1 N–H and O–H groups in total. The quantitative estimate of drug-likeness (QED) is 0.483. The van der Waals surface area contributed by atoms with Gasteiger partial charge in [0, 0.05) is 5.56 Å². The van der Waals surface area contributed by atoms with Gasteiger partial charge in [-0.05, 0) is 25.4 Å². The van der Waals surface area contributed by atoms with Gasteiger partial charge < -0.3 is 14.8 Å². The Morgan fingerprint density at radius 2 is 1.88 bits per heavy atom. The molecule has 1 rings (SSSR count). The molecule has 16 heavy (non-hydrogen) atoms. The van der Waals surface area contributed by atoms with E-state index in [2.05, 4.69) is 17.9 Å². The van der Waals surface area contributed by atoms with Crippen LogP contribution in [-0.4, -0.2) is 27.5 Å². The second-order valence-electron chi connectivity index (χ2n) is 3.14. The molecule has 0 bridgehead atoms. The maximum Gasteiger partial charge on any atom is 0.133 e. The SMILES string of the molecule is CNC(S)c1cc(OC)c(SC)cc1OC. The highest BCUT2D eigenvalue weighted by Gasteiger charge is 2.15. The minimum absolute atomic E-state index is 0.0697. The zero-order valence-corrected chi connectivity index (χ0v) is 11.6. The van der Waals surface area contributed by atoms with Gasteiger partial charge in [0.2, 0.25) is 0 Å². The Morgan fingerprint density at radius 3 is 2.31 bits per heavy atom. The lowest BCUT2D eigenvalue weighted by atomic mass is 10.2. The summed E-state index contributed by atoms with van der Waals surface area (Å²) in [5, 5.41) is 3.00. The molecule has 1 aromatic carbocycles. The monoisotopic (exact) mass is 259 g/mol. The van der Waals surface area contributed by atoms with Crippen molar-refractivity contribution in [3.8, 4) is 11.5 Å². The number of hydrogen-bond acceptors (Lipinski definition) is 5. The molecule has 0 aliphatic heterocycles. The minimum Gasteiger partial charge on any atom is -0.496 e. The molecule has 0 fully saturated rings. The summed E-state index contributed by atoms with van der Waals surface area (Å²) < 4.78 is 10.7. The van der Waals surface area contributed by atoms with E-state index in [1.54, 1.807) is 26.0 Å². The Kier molecular flexibility index (Phi) is 5.31. The smallest absolute Gasteiger partial charge is 0.133 e. The lowest BCUT2D eigenvalue weighted by Gasteiger charge is -2.17. The zero-order valence-electron chi connectivity index (χ0n) is 9.90. The fourth-order valence-electron chi connectivity index (χ4n) is 1.42. The molecule has 90 valence electrons. The third-order valence-corrected chi connectivity index (χ3v) is 3.60. The summed E-state index contributed by atoms with van der Waals surface area (Å²) in [6, 6.07) is 3.93. The van der Waals surface area contributed by atoms with E-state index in [4.69, 9.17) is 9.47 Å². The van der Waals surface area contributed by atoms with Crippen molar-refractivity contribution in [1.29, 1.82) is 0 Å². The molecule has 0 aliphatic carbocycles. The van der Waals surface area contributed by atoms with Crippen molar-refractivity contribution >= 4 is 24.4 Å². The van der Waals surface area contributed by atoms with Crippen LogP contribution in [0.2, 0.25) is 0 Å². The van der Waals surface area contributed by atoms with E-state index in [1.807, 2.05) is 25.4 Å². The summed E-state index contributed by atoms with van der Waals surface area (Å²) in [5.74, 6) is 1.66. The Morgan fingerprint density at radius 1 is 1.25 bits per heavy atom. The molecule has 3 nitrogen and oxygen atoms in total. The normalized spacial score (nSPS) is 12.3. The number of thioether (sulfide) groups is 1. The molecule has 0 amide bonds. The molecule has 0 saturated heterocycles. The van der Waals surface area contributed by atoms with Gasteiger partial charge in [-0.25, -0.2) is 0 Å². The van der Waals surface area contributed by atoms with Crippen LogP contribution in [0.3, 0.4) is 0 Å². The Labute approximate surface area is 106 Å². The molecule has 0 spiro atoms. The van der Waals surface area contributed by atoms with Crippen molar-refractivity contribution in [2.75, 3.05) is 27.5 Å². The summed E-state index contributed by atoms with van der Waals surface area (Å²) in [7, 11) is 5.18. The van der Waals surface area contributed by atoms with E-state index in [-0.39, 0.29) is 5.37 Å². The third-order valence-electron chi connectivity index (χ3n) is 2.30. The topological polar surface area (TPSA) is 30.5 Å². The van der Waals surface area contributed by atoms with Crippen molar-refractivity contribution in [2.45, 2.75) is 10.3 Å². The molecule has 1 atom stereocenters. The highest BCUT2D eigenvalue weighted by molar-refractivity contribution is 7.98. The highest BCUT2D eigenvalue weighted by atomic mass is 32.2. The average Bonchev–Trinajstić information content (AvgIpc) is 2.35. The van der Waals surface area contributed by atoms with Gasteiger partial charge in [-0.1, -0.05) is 0 Å². The number of hydrogen-bond donors (Lipinski definition) is 2. The Bertz CT molecular complexity index is 358. The molecule has 1 unspecified atom stereocenters. The second-order valence-corrected chi connectivity index (χ2v) is 4.50. The lowest BCUT2D eigenvalue weighted by molar-refractivity contribution is 0.389. The van der Waals surface area contributed by atoms with Crippen molar-refractivity contribution in [3.63, 3.8) is 0 Å². The summed E-state index contributed by atoms with van der Waals surface area (Å²) in [4.78, 5) is 1.06. The molecular weight excluding hydrogens is 242 g/mol. The third kappa shape index (κ3) is 2.78. The van der Waals surface area contributed by atoms with Gasteiger partial charge in [0.15, 0.2) is 0 Å². The van der Waals surface area contributed by atoms with E-state index in [9.17, 15) is 0 Å². The van der Waals surface area contributed by atoms with Gasteiger partial charge >= 0.3 is 0 Å². The predicted molar refractivity (Wildman–Crippen MR) is 72.1 cm³/mol. The first-order valence-corrected chi connectivity index (χ1v) is 6.57. The van der Waals surface area contributed by atoms with Crippen LogP contribution in [0.25, 0.3) is 0 Å². The fraction of sp³-hybridized carbons (Fsp3) is 0.455. The summed E-state index contributed by atoms with van der Waals surface area (Å²) in [5.41, 5.74) is 0.975. The van der Waals surface area contributed by atoms with Crippen LogP contribution in [0.4, 0.5) is 0 Å². The van der Waals surface area contributed by atoms with Gasteiger partial charge in [-0.2, -0.15) is 12.6 Å². The highest BCUT2D eigenvalue weighted by Crippen LogP contribution is 2.37. The van der Waals surface area contributed by atoms with E-state index in [1.165, 1.54) is 0 Å². The summed E-state index contributed by atoms with van der Waals surface area (Å²) >= 11 is 6.07. The first-order valence-electron chi connectivity index (χ1n) is 4.83. The number of nitrogens with one attached hydrogen (secondary N) is 1. The molecule has 0 saturated carbocycles. The van der Waals surface area contributed by atoms with Crippen LogP contribution in [0.1, 0.15) is 10.9 Å². The van der Waals surface area contributed by atoms with E-state index in [0.29, 0.717) is 0 Å². The largest absolute Gasteiger partial charge is 0.496 e. The summed E-state index contributed by atoms with van der Waals surface area (Å²) in [6.45, 7) is 0. The van der Waals surface area contributed by atoms with Crippen LogP contribution < -0.4 is 14.8 Å². The van der Waals surface area contributed by atoms with E-state index in [0.717, 1.165) is 22.0 Å². The van der Waals surface area contributed by atoms with Gasteiger partial charge in [-0.15, -0.1) is 11.8 Å². The number of methoxy groups -OCH3 is 2. The average molecular weight is 259 g/mol. The molecule has 1 aromatic rings. The first kappa shape index (κ1) is 13.5. The minimum atomic E-state index is -0.0697. The molecule has 0 radical (unpaired) electrons. The first-order chi connectivity index (χ1) is 7.67. The van der Waals surface area contributed by atoms with E-state index < -0.39 is 0 Å². The number of ether oxygens (including phenoxy) is 2. The lowest BCUT2D eigenvalue weighted by Crippen LogP contribution is -2.11. The zero-order chi connectivity index (χ0) is 12.1. The van der Waals surface area contributed by atoms with Crippen LogP contribution >= 0.6 is 24.4 Å². The van der Waals surface area contributed by atoms with Crippen LogP contribution in [0.5, 0.6) is 11.5 Å². The van der Waals surface area contributed by atoms with Gasteiger partial charge in [-0.3, -0.25) is 0 Å². The molecule has 0 aliphatic rings. The standard InChI is InChI=1S/C11H17NO2S2/c1-12-11(15)7-5-9(14-3)10(16-4)6-8(7)13-2/h5-6,11-12,15H,1-4H3. The van der Waals surface area contributed by atoms with Gasteiger partial charge in [0.05, 0.1) is 24.5 Å². The number of rotatable bonds is 5. The Hall–Kier alpha value is -0.520. The van der Waals surface area contributed by atoms with Crippen LogP contribution in [-0.2, 0) is 0 Å². The summed E-state index contributed by atoms with van der Waals surface area (Å²) in [6.07, 6.45) is 2.01. The van der Waals surface area contributed by atoms with Crippen LogP contribution in [0, 0.1) is 0 Å². The molecular formula is C11H17NO2S2. The second kappa shape index (κ2) is 6.27. The number of benzene rings is 1. The predicted octanol–water partition coefficient (Wildman–Crippen LogP) is 2.57. The molecule has 0 aromatic heterocycles. The molecule has 5 heteroatoms. The van der Waals surface area contributed by atoms with Crippen LogP contribution in [0.15, 0.2) is 17.0 Å². The van der Waals surface area contributed by atoms with Crippen molar-refractivity contribution in [1.82, 2.24) is 5.32 Å². The Balaban J connectivity index is 3.25. The van der Waals surface area contributed by atoms with E-state index >= 15 is 0 Å². The fourth-order valence-corrected chi connectivity index (χ4v) is 2.19. The maximum atomic E-state index is 5.35. The number of thiol groups is 1.